The highest BCUT2D eigenvalue weighted by atomic mass is 32.2. The zero-order chi connectivity index (χ0) is 20.5. The Balaban J connectivity index is 1.63. The van der Waals surface area contributed by atoms with Crippen molar-refractivity contribution in [3.8, 4) is 0 Å². The number of hydrogen-bond acceptors (Lipinski definition) is 6. The van der Waals surface area contributed by atoms with Gasteiger partial charge >= 0.3 is 0 Å². The molecule has 0 spiro atoms. The first-order chi connectivity index (χ1) is 13.2. The summed E-state index contributed by atoms with van der Waals surface area (Å²) in [5, 5.41) is 11.5. The monoisotopic (exact) mass is 423 g/mol. The molecule has 1 amide bonds. The molecule has 2 aromatic rings. The molecule has 8 nitrogen and oxygen atoms in total. The van der Waals surface area contributed by atoms with E-state index in [1.54, 1.807) is 26.0 Å². The second-order valence-corrected chi connectivity index (χ2v) is 10.2. The Kier molecular flexibility index (Phi) is 6.11. The smallest absolute Gasteiger partial charge is 0.240 e. The molecule has 1 aliphatic rings. The van der Waals surface area contributed by atoms with E-state index in [0.29, 0.717) is 11.7 Å². The molecule has 0 saturated heterocycles. The van der Waals surface area contributed by atoms with Crippen molar-refractivity contribution in [3.05, 3.63) is 30.1 Å². The predicted octanol–water partition coefficient (Wildman–Crippen LogP) is 2.73. The lowest BCUT2D eigenvalue weighted by molar-refractivity contribution is -0.115. The zero-order valence-corrected chi connectivity index (χ0v) is 18.0. The van der Waals surface area contributed by atoms with E-state index in [-0.39, 0.29) is 22.1 Å². The van der Waals surface area contributed by atoms with Gasteiger partial charge in [0.25, 0.3) is 0 Å². The van der Waals surface area contributed by atoms with Crippen molar-refractivity contribution in [2.75, 3.05) is 5.32 Å². The lowest BCUT2D eigenvalue weighted by atomic mass is 10.3. The summed E-state index contributed by atoms with van der Waals surface area (Å²) in [5.74, 6) is 0.688. The maximum absolute atomic E-state index is 12.5. The van der Waals surface area contributed by atoms with Crippen molar-refractivity contribution in [2.45, 2.75) is 67.9 Å². The Morgan fingerprint density at radius 2 is 1.82 bits per heavy atom. The normalized spacial score (nSPS) is 15.6. The molecule has 152 valence electrons. The van der Waals surface area contributed by atoms with Crippen LogP contribution >= 0.6 is 11.8 Å². The van der Waals surface area contributed by atoms with E-state index in [4.69, 9.17) is 0 Å². The number of aryl methyl sites for hydroxylation is 1. The molecule has 1 fully saturated rings. The van der Waals surface area contributed by atoms with Crippen LogP contribution in [0.1, 0.15) is 45.5 Å². The van der Waals surface area contributed by atoms with Crippen LogP contribution in [0.25, 0.3) is 0 Å². The van der Waals surface area contributed by atoms with Gasteiger partial charge in [-0.2, -0.15) is 0 Å². The van der Waals surface area contributed by atoms with Crippen molar-refractivity contribution in [2.24, 2.45) is 0 Å². The zero-order valence-electron chi connectivity index (χ0n) is 16.3. The fourth-order valence-electron chi connectivity index (χ4n) is 2.73. The standard InChI is InChI=1S/C18H25N5O3S2/c1-11(2)22-28(25,26)16-9-5-14(6-10-16)19-17(24)12(3)27-18-21-20-13(4)23(18)15-7-8-15/h5-6,9-12,15,22H,7-8H2,1-4H3,(H,19,24)/t12-/m0/s1. The minimum Gasteiger partial charge on any atom is -0.325 e. The van der Waals surface area contributed by atoms with Crippen LogP contribution in [-0.4, -0.2) is 40.4 Å². The highest BCUT2D eigenvalue weighted by Gasteiger charge is 2.29. The molecule has 28 heavy (non-hydrogen) atoms. The van der Waals surface area contributed by atoms with E-state index < -0.39 is 10.0 Å². The van der Waals surface area contributed by atoms with Crippen LogP contribution in [-0.2, 0) is 14.8 Å². The number of nitrogens with one attached hydrogen (secondary N) is 2. The van der Waals surface area contributed by atoms with E-state index in [1.807, 2.05) is 13.8 Å². The van der Waals surface area contributed by atoms with Gasteiger partial charge < -0.3 is 9.88 Å². The molecular weight excluding hydrogens is 398 g/mol. The maximum Gasteiger partial charge on any atom is 0.240 e. The fraction of sp³-hybridized carbons (Fsp3) is 0.500. The average molecular weight is 424 g/mol. The van der Waals surface area contributed by atoms with Gasteiger partial charge in [0.2, 0.25) is 15.9 Å². The fourth-order valence-corrected chi connectivity index (χ4v) is 4.95. The molecule has 1 aliphatic carbocycles. The molecule has 1 aromatic carbocycles. The number of aromatic nitrogens is 3. The molecule has 0 radical (unpaired) electrons. The summed E-state index contributed by atoms with van der Waals surface area (Å²) < 4.78 is 29.0. The van der Waals surface area contributed by atoms with Gasteiger partial charge in [-0.1, -0.05) is 11.8 Å². The molecule has 1 saturated carbocycles. The molecule has 0 bridgehead atoms. The predicted molar refractivity (Wildman–Crippen MR) is 109 cm³/mol. The summed E-state index contributed by atoms with van der Waals surface area (Å²) in [4.78, 5) is 12.7. The van der Waals surface area contributed by atoms with Crippen LogP contribution in [0.2, 0.25) is 0 Å². The number of amides is 1. The van der Waals surface area contributed by atoms with Crippen molar-refractivity contribution < 1.29 is 13.2 Å². The van der Waals surface area contributed by atoms with E-state index in [1.165, 1.54) is 23.9 Å². The topological polar surface area (TPSA) is 106 Å². The molecular formula is C18H25N5O3S2. The van der Waals surface area contributed by atoms with Gasteiger partial charge in [-0.25, -0.2) is 13.1 Å². The third kappa shape index (κ3) is 4.92. The summed E-state index contributed by atoms with van der Waals surface area (Å²) in [6, 6.07) is 6.38. The Hall–Kier alpha value is -1.91. The number of sulfonamides is 1. The molecule has 0 unspecified atom stereocenters. The lowest BCUT2D eigenvalue weighted by Gasteiger charge is -2.13. The summed E-state index contributed by atoms with van der Waals surface area (Å²) in [6.45, 7) is 7.25. The number of rotatable bonds is 8. The number of carbonyl (C=O) groups excluding carboxylic acids is 1. The molecule has 1 aromatic heterocycles. The summed E-state index contributed by atoms with van der Waals surface area (Å²) in [7, 11) is -3.55. The van der Waals surface area contributed by atoms with Crippen LogP contribution in [0.15, 0.2) is 34.3 Å². The van der Waals surface area contributed by atoms with Crippen LogP contribution in [0.4, 0.5) is 5.69 Å². The van der Waals surface area contributed by atoms with E-state index in [0.717, 1.165) is 23.8 Å². The first-order valence-corrected chi connectivity index (χ1v) is 11.5. The summed E-state index contributed by atoms with van der Waals surface area (Å²) in [6.07, 6.45) is 2.24. The van der Waals surface area contributed by atoms with Gasteiger partial charge in [0.1, 0.15) is 5.82 Å². The summed E-state index contributed by atoms with van der Waals surface area (Å²) in [5.41, 5.74) is 0.542. The maximum atomic E-state index is 12.5. The number of carbonyl (C=O) groups is 1. The molecule has 0 aliphatic heterocycles. The lowest BCUT2D eigenvalue weighted by Crippen LogP contribution is -2.30. The first-order valence-electron chi connectivity index (χ1n) is 9.19. The largest absolute Gasteiger partial charge is 0.325 e. The van der Waals surface area contributed by atoms with E-state index in [2.05, 4.69) is 24.8 Å². The van der Waals surface area contributed by atoms with Gasteiger partial charge in [-0.05, 0) is 64.8 Å². The Morgan fingerprint density at radius 3 is 2.39 bits per heavy atom. The van der Waals surface area contributed by atoms with Crippen LogP contribution in [0.5, 0.6) is 0 Å². The van der Waals surface area contributed by atoms with Gasteiger partial charge in [-0.3, -0.25) is 4.79 Å². The quantitative estimate of drug-likeness (QED) is 0.633. The molecule has 10 heteroatoms. The molecule has 2 N–H and O–H groups in total. The second kappa shape index (κ2) is 8.22. The minimum atomic E-state index is -3.55. The molecule has 1 heterocycles. The Morgan fingerprint density at radius 1 is 1.18 bits per heavy atom. The van der Waals surface area contributed by atoms with E-state index >= 15 is 0 Å². The van der Waals surface area contributed by atoms with Crippen molar-refractivity contribution in [1.82, 2.24) is 19.5 Å². The third-order valence-corrected chi connectivity index (χ3v) is 6.95. The van der Waals surface area contributed by atoms with Crippen LogP contribution in [0, 0.1) is 6.92 Å². The van der Waals surface area contributed by atoms with Gasteiger partial charge in [0, 0.05) is 17.8 Å². The number of benzene rings is 1. The Bertz CT molecular complexity index is 950. The first kappa shape index (κ1) is 20.8. The third-order valence-electron chi connectivity index (χ3n) is 4.22. The minimum absolute atomic E-state index is 0.162. The Labute approximate surface area is 169 Å². The SMILES string of the molecule is Cc1nnc(S[C@@H](C)C(=O)Nc2ccc(S(=O)(=O)NC(C)C)cc2)n1C1CC1. The second-order valence-electron chi connectivity index (χ2n) is 7.18. The average Bonchev–Trinajstić information content (AvgIpc) is 3.38. The number of anilines is 1. The van der Waals surface area contributed by atoms with E-state index in [9.17, 15) is 13.2 Å². The number of nitrogens with zero attached hydrogens (tertiary/aromatic N) is 3. The highest BCUT2D eigenvalue weighted by Crippen LogP contribution is 2.39. The number of thioether (sulfide) groups is 1. The molecule has 3 rings (SSSR count). The van der Waals surface area contributed by atoms with Crippen molar-refractivity contribution in [3.63, 3.8) is 0 Å². The van der Waals surface area contributed by atoms with Crippen molar-refractivity contribution >= 4 is 33.4 Å². The summed E-state index contributed by atoms with van der Waals surface area (Å²) >= 11 is 1.37. The van der Waals surface area contributed by atoms with Gasteiger partial charge in [0.15, 0.2) is 5.16 Å². The van der Waals surface area contributed by atoms with Crippen molar-refractivity contribution in [1.29, 1.82) is 0 Å². The molecule has 1 atom stereocenters. The van der Waals surface area contributed by atoms with Gasteiger partial charge in [-0.15, -0.1) is 10.2 Å². The van der Waals surface area contributed by atoms with Crippen LogP contribution in [0.3, 0.4) is 0 Å². The number of hydrogen-bond donors (Lipinski definition) is 2. The highest BCUT2D eigenvalue weighted by molar-refractivity contribution is 8.00. The van der Waals surface area contributed by atoms with Crippen LogP contribution < -0.4 is 10.0 Å². The van der Waals surface area contributed by atoms with Gasteiger partial charge in [0.05, 0.1) is 10.1 Å².